The van der Waals surface area contributed by atoms with E-state index in [0.29, 0.717) is 26.4 Å². The van der Waals surface area contributed by atoms with Crippen molar-refractivity contribution in [3.63, 3.8) is 0 Å². The summed E-state index contributed by atoms with van der Waals surface area (Å²) in [5.74, 6) is 3.07. The quantitative estimate of drug-likeness (QED) is 0.0887. The molecule has 6 nitrogen and oxygen atoms in total. The van der Waals surface area contributed by atoms with E-state index >= 15 is 0 Å². The fraction of sp³-hybridized carbons (Fsp3) is 0.255. The molecule has 0 aliphatic heterocycles. The van der Waals surface area contributed by atoms with E-state index in [9.17, 15) is 0 Å². The molecule has 0 unspecified atom stereocenters. The molecular weight excluding hydrogens is 657 g/mol. The minimum atomic E-state index is 0.580. The molecule has 53 heavy (non-hydrogen) atoms. The zero-order valence-electron chi connectivity index (χ0n) is 31.4. The van der Waals surface area contributed by atoms with E-state index < -0.39 is 0 Å². The average Bonchev–Trinajstić information content (AvgIpc) is 3.21. The molecule has 0 spiro atoms. The van der Waals surface area contributed by atoms with Crippen LogP contribution in [0.3, 0.4) is 0 Å². The van der Waals surface area contributed by atoms with Crippen molar-refractivity contribution >= 4 is 17.1 Å². The summed E-state index contributed by atoms with van der Waals surface area (Å²) in [6.45, 7) is 10.9. The molecule has 0 aliphatic rings. The monoisotopic (exact) mass is 706 g/mol. The van der Waals surface area contributed by atoms with E-state index in [-0.39, 0.29) is 0 Å². The SMILES string of the molecule is CCCOc1ccc(-c2ccc(-c3ccc(N(c4ccccc4)c4ccccc4)cc3)c(-c3ccc(OCCC)cc3OCCC)n2)c(OCCC)c1. The minimum Gasteiger partial charge on any atom is -0.493 e. The molecule has 0 aliphatic carbocycles. The fourth-order valence-corrected chi connectivity index (χ4v) is 6.13. The van der Waals surface area contributed by atoms with Crippen molar-refractivity contribution in [2.24, 2.45) is 0 Å². The summed E-state index contributed by atoms with van der Waals surface area (Å²) < 4.78 is 24.7. The topological polar surface area (TPSA) is 53.1 Å². The van der Waals surface area contributed by atoms with Crippen LogP contribution in [0.4, 0.5) is 17.1 Å². The van der Waals surface area contributed by atoms with Crippen LogP contribution in [0.25, 0.3) is 33.6 Å². The van der Waals surface area contributed by atoms with Gasteiger partial charge >= 0.3 is 0 Å². The first kappa shape index (κ1) is 37.0. The Morgan fingerprint density at radius 3 is 1.42 bits per heavy atom. The van der Waals surface area contributed by atoms with Crippen LogP contribution >= 0.6 is 0 Å². The minimum absolute atomic E-state index is 0.580. The Balaban J connectivity index is 1.48. The first-order valence-corrected chi connectivity index (χ1v) is 18.9. The van der Waals surface area contributed by atoms with E-state index in [2.05, 4.69) is 130 Å². The van der Waals surface area contributed by atoms with Crippen molar-refractivity contribution in [3.05, 3.63) is 133 Å². The largest absolute Gasteiger partial charge is 0.493 e. The summed E-state index contributed by atoms with van der Waals surface area (Å²) >= 11 is 0. The number of hydrogen-bond acceptors (Lipinski definition) is 6. The Labute approximate surface area is 315 Å². The van der Waals surface area contributed by atoms with Crippen molar-refractivity contribution in [1.82, 2.24) is 4.98 Å². The van der Waals surface area contributed by atoms with Gasteiger partial charge in [-0.25, -0.2) is 4.98 Å². The van der Waals surface area contributed by atoms with Gasteiger partial charge in [0.1, 0.15) is 23.0 Å². The van der Waals surface area contributed by atoms with E-state index in [1.54, 1.807) is 0 Å². The molecule has 1 heterocycles. The maximum absolute atomic E-state index is 6.41. The molecule has 0 saturated heterocycles. The van der Waals surface area contributed by atoms with Crippen molar-refractivity contribution in [1.29, 1.82) is 0 Å². The fourth-order valence-electron chi connectivity index (χ4n) is 6.13. The van der Waals surface area contributed by atoms with Crippen molar-refractivity contribution in [2.45, 2.75) is 53.4 Å². The Morgan fingerprint density at radius 2 is 0.887 bits per heavy atom. The summed E-state index contributed by atoms with van der Waals surface area (Å²) in [7, 11) is 0. The number of para-hydroxylation sites is 2. The summed E-state index contributed by atoms with van der Waals surface area (Å²) in [6.07, 6.45) is 3.63. The number of aromatic nitrogens is 1. The van der Waals surface area contributed by atoms with Gasteiger partial charge in [-0.3, -0.25) is 0 Å². The second-order valence-corrected chi connectivity index (χ2v) is 12.9. The normalized spacial score (nSPS) is 10.9. The third kappa shape index (κ3) is 9.19. The van der Waals surface area contributed by atoms with Gasteiger partial charge in [0.05, 0.1) is 37.8 Å². The molecule has 0 atom stereocenters. The lowest BCUT2D eigenvalue weighted by atomic mass is 9.96. The molecule has 6 aromatic rings. The Kier molecular flexibility index (Phi) is 13.0. The second-order valence-electron chi connectivity index (χ2n) is 12.9. The average molecular weight is 707 g/mol. The first-order valence-electron chi connectivity index (χ1n) is 18.9. The molecule has 6 rings (SSSR count). The van der Waals surface area contributed by atoms with Crippen LogP contribution in [0, 0.1) is 0 Å². The molecule has 6 heteroatoms. The van der Waals surface area contributed by atoms with Crippen LogP contribution in [0.5, 0.6) is 23.0 Å². The van der Waals surface area contributed by atoms with Crippen LogP contribution in [0.15, 0.2) is 133 Å². The Morgan fingerprint density at radius 1 is 0.434 bits per heavy atom. The molecular formula is C47H50N2O4. The Hall–Kier alpha value is -5.75. The van der Waals surface area contributed by atoms with E-state index in [0.717, 1.165) is 99.4 Å². The standard InChI is InChI=1S/C47H50N2O4/c1-5-29-50-39-23-25-42(45(33-39)52-31-7-3)44-28-27-41(47(48-44)43-26-24-40(51-30-6-2)34-46(43)53-32-8-4)35-19-21-38(22-20-35)49(36-15-11-9-12-16-36)37-17-13-10-14-18-37/h9-28,33-34H,5-8,29-32H2,1-4H3. The summed E-state index contributed by atoms with van der Waals surface area (Å²) in [5, 5.41) is 0. The van der Waals surface area contributed by atoms with Crippen LogP contribution in [-0.2, 0) is 0 Å². The molecule has 0 saturated carbocycles. The van der Waals surface area contributed by atoms with Crippen LogP contribution in [0.2, 0.25) is 0 Å². The zero-order valence-corrected chi connectivity index (χ0v) is 31.4. The molecule has 0 amide bonds. The van der Waals surface area contributed by atoms with Gasteiger partial charge in [0.15, 0.2) is 0 Å². The van der Waals surface area contributed by atoms with Crippen LogP contribution < -0.4 is 23.8 Å². The van der Waals surface area contributed by atoms with Crippen molar-refractivity contribution < 1.29 is 18.9 Å². The van der Waals surface area contributed by atoms with Gasteiger partial charge in [-0.2, -0.15) is 0 Å². The highest BCUT2D eigenvalue weighted by atomic mass is 16.5. The van der Waals surface area contributed by atoms with Gasteiger partial charge in [-0.1, -0.05) is 82.3 Å². The van der Waals surface area contributed by atoms with Crippen molar-refractivity contribution in [3.8, 4) is 56.6 Å². The lowest BCUT2D eigenvalue weighted by Gasteiger charge is -2.25. The van der Waals surface area contributed by atoms with Gasteiger partial charge in [-0.15, -0.1) is 0 Å². The summed E-state index contributed by atoms with van der Waals surface area (Å²) in [5.41, 5.74) is 8.71. The van der Waals surface area contributed by atoms with Gasteiger partial charge in [0.2, 0.25) is 0 Å². The van der Waals surface area contributed by atoms with E-state index in [4.69, 9.17) is 23.9 Å². The number of pyridine rings is 1. The maximum Gasteiger partial charge on any atom is 0.132 e. The van der Waals surface area contributed by atoms with Gasteiger partial charge in [-0.05, 0) is 98.0 Å². The van der Waals surface area contributed by atoms with Crippen LogP contribution in [-0.4, -0.2) is 31.4 Å². The lowest BCUT2D eigenvalue weighted by Crippen LogP contribution is -2.09. The smallest absolute Gasteiger partial charge is 0.132 e. The predicted molar refractivity (Wildman–Crippen MR) is 218 cm³/mol. The summed E-state index contributed by atoms with van der Waals surface area (Å²) in [6, 6.07) is 46.0. The molecule has 0 fully saturated rings. The van der Waals surface area contributed by atoms with Gasteiger partial charge < -0.3 is 23.8 Å². The number of ether oxygens (including phenoxy) is 4. The highest BCUT2D eigenvalue weighted by Gasteiger charge is 2.20. The number of nitrogens with zero attached hydrogens (tertiary/aromatic N) is 2. The number of benzene rings is 5. The third-order valence-corrected chi connectivity index (χ3v) is 8.67. The summed E-state index contributed by atoms with van der Waals surface area (Å²) in [4.78, 5) is 7.68. The molecule has 272 valence electrons. The zero-order chi connectivity index (χ0) is 36.8. The van der Waals surface area contributed by atoms with Crippen molar-refractivity contribution in [2.75, 3.05) is 31.3 Å². The third-order valence-electron chi connectivity index (χ3n) is 8.67. The maximum atomic E-state index is 6.41. The van der Waals surface area contributed by atoms with Gasteiger partial charge in [0.25, 0.3) is 0 Å². The molecule has 0 bridgehead atoms. The lowest BCUT2D eigenvalue weighted by molar-refractivity contribution is 0.302. The second kappa shape index (κ2) is 18.7. The number of hydrogen-bond donors (Lipinski definition) is 0. The Bertz CT molecular complexity index is 1990. The highest BCUT2D eigenvalue weighted by molar-refractivity contribution is 5.87. The first-order chi connectivity index (χ1) is 26.1. The van der Waals surface area contributed by atoms with E-state index in [1.807, 2.05) is 36.4 Å². The van der Waals surface area contributed by atoms with Crippen LogP contribution in [0.1, 0.15) is 53.4 Å². The molecule has 1 aromatic heterocycles. The molecule has 5 aromatic carbocycles. The van der Waals surface area contributed by atoms with E-state index in [1.165, 1.54) is 0 Å². The number of rotatable bonds is 18. The number of anilines is 3. The van der Waals surface area contributed by atoms with Gasteiger partial charge in [0, 0.05) is 45.9 Å². The molecule has 0 radical (unpaired) electrons. The highest BCUT2D eigenvalue weighted by Crippen LogP contribution is 2.42. The predicted octanol–water partition coefficient (Wildman–Crippen LogP) is 12.7. The molecule has 0 N–H and O–H groups in total.